The van der Waals surface area contributed by atoms with Crippen molar-refractivity contribution < 1.29 is 23.6 Å². The van der Waals surface area contributed by atoms with Crippen LogP contribution in [0.25, 0.3) is 0 Å². The molecule has 2 heterocycles. The minimum absolute atomic E-state index is 0.00383. The van der Waals surface area contributed by atoms with Crippen LogP contribution in [0.1, 0.15) is 39.7 Å². The zero-order chi connectivity index (χ0) is 18.6. The van der Waals surface area contributed by atoms with Crippen molar-refractivity contribution >= 4 is 16.8 Å². The lowest BCUT2D eigenvalue weighted by molar-refractivity contribution is -0.151. The van der Waals surface area contributed by atoms with Crippen LogP contribution in [0.4, 0.5) is 0 Å². The molecule has 2 aliphatic heterocycles. The average Bonchev–Trinajstić information content (AvgIpc) is 2.98. The monoisotopic (exact) mass is 366 g/mol. The molecule has 5 nitrogen and oxygen atoms in total. The van der Waals surface area contributed by atoms with E-state index in [0.29, 0.717) is 12.2 Å². The number of aryl methyl sites for hydroxylation is 1. The number of rotatable bonds is 5. The van der Waals surface area contributed by atoms with Crippen LogP contribution in [-0.4, -0.2) is 43.9 Å². The molecule has 6 heteroatoms. The van der Waals surface area contributed by atoms with Gasteiger partial charge in [-0.1, -0.05) is 17.7 Å². The Kier molecular flexibility index (Phi) is 4.37. The molecular weight excluding hydrogens is 340 g/mol. The Morgan fingerprint density at radius 1 is 1.24 bits per heavy atom. The van der Waals surface area contributed by atoms with Gasteiger partial charge in [0.05, 0.1) is 16.4 Å². The van der Waals surface area contributed by atoms with Gasteiger partial charge in [-0.2, -0.15) is 0 Å². The summed E-state index contributed by atoms with van der Waals surface area (Å²) in [4.78, 5) is 12.6. The summed E-state index contributed by atoms with van der Waals surface area (Å²) >= 11 is 0. The summed E-state index contributed by atoms with van der Waals surface area (Å²) in [5, 5.41) is 9.68. The number of carboxylic acid groups (broad SMARTS) is 1. The molecule has 2 saturated heterocycles. The Bertz CT molecular complexity index is 709. The van der Waals surface area contributed by atoms with Crippen LogP contribution in [0.3, 0.4) is 0 Å². The van der Waals surface area contributed by atoms with E-state index in [1.165, 1.54) is 0 Å². The van der Waals surface area contributed by atoms with Gasteiger partial charge in [-0.15, -0.1) is 0 Å². The van der Waals surface area contributed by atoms with Gasteiger partial charge in [0.25, 0.3) is 0 Å². The molecule has 4 atom stereocenters. The van der Waals surface area contributed by atoms with E-state index in [0.717, 1.165) is 10.5 Å². The van der Waals surface area contributed by atoms with Gasteiger partial charge in [-0.05, 0) is 53.2 Å². The van der Waals surface area contributed by atoms with Gasteiger partial charge in [-0.3, -0.25) is 4.21 Å². The van der Waals surface area contributed by atoms with Crippen molar-refractivity contribution in [1.29, 1.82) is 0 Å². The van der Waals surface area contributed by atoms with Crippen LogP contribution in [0.5, 0.6) is 0 Å². The predicted molar refractivity (Wildman–Crippen MR) is 95.0 cm³/mol. The average molecular weight is 366 g/mol. The fourth-order valence-corrected chi connectivity index (χ4v) is 5.34. The van der Waals surface area contributed by atoms with Gasteiger partial charge in [0.2, 0.25) is 5.60 Å². The van der Waals surface area contributed by atoms with Crippen LogP contribution >= 0.6 is 0 Å². The third kappa shape index (κ3) is 3.04. The number of carboxylic acids is 1. The van der Waals surface area contributed by atoms with E-state index in [-0.39, 0.29) is 5.92 Å². The third-order valence-electron chi connectivity index (χ3n) is 5.60. The number of benzene rings is 1. The Hall–Kier alpha value is -1.24. The molecular formula is C19H26O5S. The summed E-state index contributed by atoms with van der Waals surface area (Å²) in [6, 6.07) is 7.67. The highest BCUT2D eigenvalue weighted by Gasteiger charge is 2.76. The van der Waals surface area contributed by atoms with Crippen LogP contribution in [0.15, 0.2) is 29.2 Å². The van der Waals surface area contributed by atoms with Crippen LogP contribution in [0.2, 0.25) is 0 Å². The van der Waals surface area contributed by atoms with Gasteiger partial charge >= 0.3 is 5.97 Å². The number of epoxide rings is 1. The lowest BCUT2D eigenvalue weighted by atomic mass is 9.85. The van der Waals surface area contributed by atoms with Crippen LogP contribution < -0.4 is 0 Å². The van der Waals surface area contributed by atoms with E-state index in [1.54, 1.807) is 13.8 Å². The van der Waals surface area contributed by atoms with Crippen LogP contribution in [0, 0.1) is 12.8 Å². The zero-order valence-electron chi connectivity index (χ0n) is 15.4. The molecule has 0 spiro atoms. The maximum absolute atomic E-state index is 12.7. The Balaban J connectivity index is 1.76. The van der Waals surface area contributed by atoms with E-state index < -0.39 is 39.7 Å². The van der Waals surface area contributed by atoms with E-state index >= 15 is 0 Å². The maximum Gasteiger partial charge on any atom is 0.341 e. The molecule has 1 aromatic carbocycles. The number of carbonyl (C=O) groups is 1. The lowest BCUT2D eigenvalue weighted by Gasteiger charge is -2.26. The molecule has 138 valence electrons. The molecule has 0 aromatic heterocycles. The van der Waals surface area contributed by atoms with Crippen LogP contribution in [-0.2, 0) is 25.1 Å². The Morgan fingerprint density at radius 3 is 2.28 bits per heavy atom. The second-order valence-corrected chi connectivity index (χ2v) is 9.62. The van der Waals surface area contributed by atoms with Crippen molar-refractivity contribution in [2.45, 2.75) is 68.8 Å². The highest BCUT2D eigenvalue weighted by atomic mass is 32.2. The summed E-state index contributed by atoms with van der Waals surface area (Å²) in [6.07, 6.45) is -0.00428. The number of ether oxygens (including phenoxy) is 2. The molecule has 0 saturated carbocycles. The first-order valence-electron chi connectivity index (χ1n) is 8.56. The molecule has 3 rings (SSSR count). The minimum Gasteiger partial charge on any atom is -0.479 e. The van der Waals surface area contributed by atoms with Crippen molar-refractivity contribution in [2.75, 3.05) is 5.75 Å². The zero-order valence-corrected chi connectivity index (χ0v) is 16.2. The molecule has 25 heavy (non-hydrogen) atoms. The first-order chi connectivity index (χ1) is 11.5. The molecule has 2 unspecified atom stereocenters. The highest BCUT2D eigenvalue weighted by Crippen LogP contribution is 2.56. The van der Waals surface area contributed by atoms with Gasteiger partial charge in [0.1, 0.15) is 11.7 Å². The van der Waals surface area contributed by atoms with Gasteiger partial charge in [0.15, 0.2) is 0 Å². The summed E-state index contributed by atoms with van der Waals surface area (Å²) in [6.45, 7) is 9.42. The molecule has 1 N–H and O–H groups in total. The fraction of sp³-hybridized carbons (Fsp3) is 0.632. The second kappa shape index (κ2) is 5.89. The van der Waals surface area contributed by atoms with Gasteiger partial charge in [-0.25, -0.2) is 4.79 Å². The first kappa shape index (κ1) is 18.5. The summed E-state index contributed by atoms with van der Waals surface area (Å²) < 4.78 is 24.4. The van der Waals surface area contributed by atoms with Gasteiger partial charge in [0, 0.05) is 16.6 Å². The normalized spacial score (nSPS) is 33.8. The van der Waals surface area contributed by atoms with E-state index in [9.17, 15) is 14.1 Å². The topological polar surface area (TPSA) is 76.1 Å². The van der Waals surface area contributed by atoms with E-state index in [4.69, 9.17) is 9.47 Å². The smallest absolute Gasteiger partial charge is 0.341 e. The van der Waals surface area contributed by atoms with Crippen molar-refractivity contribution in [3.8, 4) is 0 Å². The minimum atomic E-state index is -1.30. The SMILES string of the molecule is Cc1ccc(S(=O)C[C@H]2C[C@@H](C3(C(=O)O)OC3(C)C)OC2(C)C)cc1. The van der Waals surface area contributed by atoms with Crippen molar-refractivity contribution in [1.82, 2.24) is 0 Å². The molecule has 0 amide bonds. The molecule has 2 aliphatic rings. The molecule has 0 radical (unpaired) electrons. The first-order valence-corrected chi connectivity index (χ1v) is 9.88. The third-order valence-corrected chi connectivity index (χ3v) is 7.11. The quantitative estimate of drug-likeness (QED) is 0.811. The van der Waals surface area contributed by atoms with Gasteiger partial charge < -0.3 is 14.6 Å². The highest BCUT2D eigenvalue weighted by molar-refractivity contribution is 7.85. The number of hydrogen-bond donors (Lipinski definition) is 1. The van der Waals surface area contributed by atoms with Crippen molar-refractivity contribution in [2.24, 2.45) is 5.92 Å². The summed E-state index contributed by atoms with van der Waals surface area (Å²) in [7, 11) is -1.15. The van der Waals surface area contributed by atoms with E-state index in [2.05, 4.69) is 0 Å². The Morgan fingerprint density at radius 2 is 1.80 bits per heavy atom. The van der Waals surface area contributed by atoms with Crippen molar-refractivity contribution in [3.05, 3.63) is 29.8 Å². The summed E-state index contributed by atoms with van der Waals surface area (Å²) in [5.74, 6) is -0.544. The summed E-state index contributed by atoms with van der Waals surface area (Å²) in [5.41, 5.74) is -1.47. The molecule has 0 bridgehead atoms. The Labute approximate surface area is 151 Å². The van der Waals surface area contributed by atoms with E-state index in [1.807, 2.05) is 45.0 Å². The largest absolute Gasteiger partial charge is 0.479 e. The standard InChI is InChI=1S/C19H26O5S/c1-12-6-8-14(9-7-12)25(22)11-13-10-15(23-17(13,2)3)19(16(20)21)18(4,5)24-19/h6-9,13,15H,10-11H2,1-5H3,(H,20,21)/t13-,15+,19?,25?/m1/s1. The number of hydrogen-bond acceptors (Lipinski definition) is 4. The second-order valence-electron chi connectivity index (χ2n) is 8.12. The lowest BCUT2D eigenvalue weighted by Crippen LogP contribution is -2.43. The van der Waals surface area contributed by atoms with Crippen molar-refractivity contribution in [3.63, 3.8) is 0 Å². The number of aliphatic carboxylic acids is 1. The maximum atomic E-state index is 12.7. The molecule has 0 aliphatic carbocycles. The molecule has 2 fully saturated rings. The molecule has 1 aromatic rings. The fourth-order valence-electron chi connectivity index (χ4n) is 3.81. The predicted octanol–water partition coefficient (Wildman–Crippen LogP) is 2.92.